The Morgan fingerprint density at radius 2 is 1.14 bits per heavy atom. The minimum Gasteiger partial charge on any atom is -0.462 e. The summed E-state index contributed by atoms with van der Waals surface area (Å²) in [7, 11) is 0. The Balaban J connectivity index is 1.68. The quantitative estimate of drug-likeness (QED) is 0.171. The van der Waals surface area contributed by atoms with E-state index in [0.29, 0.717) is 22.6 Å². The molecule has 0 saturated carbocycles. The van der Waals surface area contributed by atoms with Crippen molar-refractivity contribution < 1.29 is 37.3 Å². The molecule has 0 saturated heterocycles. The molecule has 0 fully saturated rings. The maximum absolute atomic E-state index is 14.9. The molecule has 0 heterocycles. The highest BCUT2D eigenvalue weighted by atomic mass is 19.2. The van der Waals surface area contributed by atoms with Crippen LogP contribution in [0, 0.1) is 11.6 Å². The molecule has 0 aromatic heterocycles. The van der Waals surface area contributed by atoms with Crippen molar-refractivity contribution in [2.75, 3.05) is 0 Å². The van der Waals surface area contributed by atoms with Gasteiger partial charge in [-0.25, -0.2) is 18.4 Å². The van der Waals surface area contributed by atoms with Crippen molar-refractivity contribution in [2.45, 2.75) is 6.92 Å². The predicted molar refractivity (Wildman–Crippen MR) is 134 cm³/mol. The molecule has 3 aromatic carbocycles. The van der Waals surface area contributed by atoms with Crippen LogP contribution in [0.5, 0.6) is 11.5 Å². The van der Waals surface area contributed by atoms with Crippen LogP contribution in [0.3, 0.4) is 0 Å². The molecule has 0 radical (unpaired) electrons. The highest BCUT2D eigenvalue weighted by Gasteiger charge is 2.16. The topological polar surface area (TPSA) is 71.1 Å². The molecule has 0 unspecified atom stereocenters. The van der Waals surface area contributed by atoms with Crippen molar-refractivity contribution in [2.24, 2.45) is 0 Å². The molecule has 37 heavy (non-hydrogen) atoms. The summed E-state index contributed by atoms with van der Waals surface area (Å²) < 4.78 is 49.9. The number of hydrogen-bond acceptors (Lipinski definition) is 6. The van der Waals surface area contributed by atoms with E-state index in [4.69, 9.17) is 14.2 Å². The van der Waals surface area contributed by atoms with Crippen LogP contribution in [-0.4, -0.2) is 11.9 Å². The fourth-order valence-corrected chi connectivity index (χ4v) is 2.97. The molecule has 0 bridgehead atoms. The monoisotopic (exact) mass is 504 g/mol. The molecule has 3 rings (SSSR count). The number of benzene rings is 3. The van der Waals surface area contributed by atoms with Gasteiger partial charge in [-0.2, -0.15) is 0 Å². The molecule has 6 nitrogen and oxygen atoms in total. The third-order valence-corrected chi connectivity index (χ3v) is 4.81. The van der Waals surface area contributed by atoms with Gasteiger partial charge in [-0.15, -0.1) is 0 Å². The number of esters is 2. The third kappa shape index (κ3) is 7.25. The highest BCUT2D eigenvalue weighted by Crippen LogP contribution is 2.33. The summed E-state index contributed by atoms with van der Waals surface area (Å²) in [5, 5.41) is 0. The van der Waals surface area contributed by atoms with E-state index in [2.05, 4.69) is 17.9 Å². The van der Waals surface area contributed by atoms with Gasteiger partial charge >= 0.3 is 11.9 Å². The molecule has 0 aliphatic heterocycles. The Bertz CT molecular complexity index is 1360. The summed E-state index contributed by atoms with van der Waals surface area (Å²) >= 11 is 0. The van der Waals surface area contributed by atoms with Crippen LogP contribution >= 0.6 is 0 Å². The lowest BCUT2D eigenvalue weighted by molar-refractivity contribution is -0.134. The molecule has 8 heteroatoms. The number of carbonyl (C=O) groups excluding carboxylic acids is 2. The number of ether oxygens (including phenoxy) is 4. The van der Waals surface area contributed by atoms with Crippen molar-refractivity contribution in [1.29, 1.82) is 0 Å². The van der Waals surface area contributed by atoms with E-state index in [1.165, 1.54) is 25.3 Å². The lowest BCUT2D eigenvalue weighted by Crippen LogP contribution is -1.99. The first kappa shape index (κ1) is 26.6. The van der Waals surface area contributed by atoms with Crippen LogP contribution in [0.1, 0.15) is 6.92 Å². The van der Waals surface area contributed by atoms with Gasteiger partial charge in [0, 0.05) is 22.8 Å². The molecule has 0 amide bonds. The molecule has 188 valence electrons. The molecule has 0 aliphatic rings. The summed E-state index contributed by atoms with van der Waals surface area (Å²) in [6.45, 7) is 8.25. The standard InChI is InChI=1S/C29H22F2O6/c1-4-26(32)36-17-15-34-22-9-5-20(6-10-22)24-13-14-25(28(31)27(24)30)21-7-11-23(12-8-21)35-16-18-37-29(33)19(2)3/h4-18H,1-2H2,3H3. The molecule has 0 N–H and O–H groups in total. The van der Waals surface area contributed by atoms with E-state index in [9.17, 15) is 18.4 Å². The fourth-order valence-electron chi connectivity index (χ4n) is 2.97. The van der Waals surface area contributed by atoms with Gasteiger partial charge < -0.3 is 18.9 Å². The molecular weight excluding hydrogens is 482 g/mol. The van der Waals surface area contributed by atoms with Crippen LogP contribution in [0.4, 0.5) is 8.78 Å². The Morgan fingerprint density at radius 3 is 1.54 bits per heavy atom. The van der Waals surface area contributed by atoms with Gasteiger partial charge in [0.2, 0.25) is 0 Å². The van der Waals surface area contributed by atoms with Crippen LogP contribution in [0.15, 0.2) is 111 Å². The first-order valence-electron chi connectivity index (χ1n) is 10.8. The van der Waals surface area contributed by atoms with Crippen molar-refractivity contribution >= 4 is 11.9 Å². The maximum atomic E-state index is 14.9. The summed E-state index contributed by atoms with van der Waals surface area (Å²) in [5.41, 5.74) is 1.30. The first-order valence-corrected chi connectivity index (χ1v) is 10.8. The zero-order valence-electron chi connectivity index (χ0n) is 19.8. The number of carbonyl (C=O) groups is 2. The average molecular weight is 504 g/mol. The smallest absolute Gasteiger partial charge is 0.338 e. The minimum absolute atomic E-state index is 0.0812. The lowest BCUT2D eigenvalue weighted by Gasteiger charge is -2.10. The van der Waals surface area contributed by atoms with Crippen molar-refractivity contribution in [3.05, 3.63) is 122 Å². The number of rotatable bonds is 10. The Morgan fingerprint density at radius 1 is 0.703 bits per heavy atom. The zero-order valence-corrected chi connectivity index (χ0v) is 19.8. The first-order chi connectivity index (χ1) is 17.8. The summed E-state index contributed by atoms with van der Waals surface area (Å²) in [5.74, 6) is -2.40. The molecule has 0 spiro atoms. The van der Waals surface area contributed by atoms with Gasteiger partial charge in [0.1, 0.15) is 36.5 Å². The number of halogens is 2. The SMILES string of the molecule is C=CC(=O)OC=COc1ccc(-c2ccc(-c3ccc(OC=COC(=O)C(=C)C)cc3)c(F)c2F)cc1. The average Bonchev–Trinajstić information content (AvgIpc) is 2.91. The van der Waals surface area contributed by atoms with E-state index in [0.717, 1.165) is 24.9 Å². The van der Waals surface area contributed by atoms with Crippen LogP contribution in [-0.2, 0) is 19.1 Å². The summed E-state index contributed by atoms with van der Waals surface area (Å²) in [6, 6.07) is 15.5. The molecule has 0 atom stereocenters. The van der Waals surface area contributed by atoms with Crippen molar-refractivity contribution in [3.8, 4) is 33.8 Å². The fraction of sp³-hybridized carbons (Fsp3) is 0.0345. The van der Waals surface area contributed by atoms with E-state index >= 15 is 0 Å². The van der Waals surface area contributed by atoms with E-state index < -0.39 is 23.6 Å². The Labute approximate surface area is 212 Å². The van der Waals surface area contributed by atoms with E-state index in [-0.39, 0.29) is 16.7 Å². The van der Waals surface area contributed by atoms with Gasteiger partial charge in [-0.1, -0.05) is 49.6 Å². The largest absolute Gasteiger partial charge is 0.462 e. The number of hydrogen-bond donors (Lipinski definition) is 0. The van der Waals surface area contributed by atoms with Crippen LogP contribution in [0.25, 0.3) is 22.3 Å². The van der Waals surface area contributed by atoms with Crippen molar-refractivity contribution in [3.63, 3.8) is 0 Å². The molecule has 3 aromatic rings. The molecular formula is C29H22F2O6. The van der Waals surface area contributed by atoms with Gasteiger partial charge in [-0.3, -0.25) is 0 Å². The van der Waals surface area contributed by atoms with Crippen LogP contribution in [0.2, 0.25) is 0 Å². The van der Waals surface area contributed by atoms with Gasteiger partial charge in [0.15, 0.2) is 11.6 Å². The Kier molecular flexibility index (Phi) is 9.10. The Hall–Kier alpha value is -4.98. The van der Waals surface area contributed by atoms with Gasteiger partial charge in [0.05, 0.1) is 0 Å². The second-order valence-corrected chi connectivity index (χ2v) is 7.44. The van der Waals surface area contributed by atoms with E-state index in [1.807, 2.05) is 0 Å². The summed E-state index contributed by atoms with van der Waals surface area (Å²) in [4.78, 5) is 22.3. The lowest BCUT2D eigenvalue weighted by atomic mass is 9.98. The van der Waals surface area contributed by atoms with Gasteiger partial charge in [-0.05, 0) is 42.3 Å². The zero-order chi connectivity index (χ0) is 26.8. The maximum Gasteiger partial charge on any atom is 0.338 e. The normalized spacial score (nSPS) is 10.8. The summed E-state index contributed by atoms with van der Waals surface area (Å²) in [6.07, 6.45) is 5.48. The third-order valence-electron chi connectivity index (χ3n) is 4.81. The highest BCUT2D eigenvalue weighted by molar-refractivity contribution is 5.87. The van der Waals surface area contributed by atoms with Crippen LogP contribution < -0.4 is 9.47 Å². The van der Waals surface area contributed by atoms with Crippen molar-refractivity contribution in [1.82, 2.24) is 0 Å². The second kappa shape index (κ2) is 12.6. The predicted octanol–water partition coefficient (Wildman–Crippen LogP) is 6.85. The minimum atomic E-state index is -0.995. The van der Waals surface area contributed by atoms with E-state index in [1.54, 1.807) is 48.5 Å². The van der Waals surface area contributed by atoms with Gasteiger partial charge in [0.25, 0.3) is 0 Å². The molecule has 0 aliphatic carbocycles. The second-order valence-electron chi connectivity index (χ2n) is 7.44.